The number of thioether (sulfide) groups is 1. The monoisotopic (exact) mass is 330 g/mol. The summed E-state index contributed by atoms with van der Waals surface area (Å²) in [5.74, 6) is 0.645. The van der Waals surface area contributed by atoms with E-state index in [0.717, 1.165) is 6.07 Å². The lowest BCUT2D eigenvalue weighted by molar-refractivity contribution is -0.140. The van der Waals surface area contributed by atoms with Gasteiger partial charge in [0.15, 0.2) is 5.17 Å². The maximum absolute atomic E-state index is 13.4. The van der Waals surface area contributed by atoms with E-state index in [1.807, 2.05) is 6.92 Å². The summed E-state index contributed by atoms with van der Waals surface area (Å²) in [7, 11) is 0. The minimum atomic E-state index is -4.42. The molecule has 0 unspecified atom stereocenters. The van der Waals surface area contributed by atoms with Crippen LogP contribution < -0.4 is 5.73 Å². The van der Waals surface area contributed by atoms with E-state index in [2.05, 4.69) is 4.99 Å². The smallest absolute Gasteiger partial charge is 0.379 e. The summed E-state index contributed by atoms with van der Waals surface area (Å²) in [5.41, 5.74) is 4.32. The van der Waals surface area contributed by atoms with Gasteiger partial charge in [0.05, 0.1) is 18.3 Å². The van der Waals surface area contributed by atoms with Crippen LogP contribution >= 0.6 is 11.8 Å². The van der Waals surface area contributed by atoms with Crippen LogP contribution in [0.4, 0.5) is 13.2 Å². The van der Waals surface area contributed by atoms with Crippen molar-refractivity contribution in [1.82, 2.24) is 0 Å². The fourth-order valence-electron chi connectivity index (χ4n) is 3.26. The molecule has 0 radical (unpaired) electrons. The topological polar surface area (TPSA) is 47.6 Å². The van der Waals surface area contributed by atoms with Crippen molar-refractivity contribution < 1.29 is 17.9 Å². The Hall–Kier alpha value is -1.21. The van der Waals surface area contributed by atoms with Crippen molar-refractivity contribution in [3.8, 4) is 0 Å². The van der Waals surface area contributed by atoms with E-state index < -0.39 is 17.3 Å². The number of fused-ring (bicyclic) bond motifs is 1. The summed E-state index contributed by atoms with van der Waals surface area (Å²) >= 11 is 1.40. The summed E-state index contributed by atoms with van der Waals surface area (Å²) in [6.07, 6.45) is -3.73. The second-order valence-corrected chi connectivity index (χ2v) is 6.82. The van der Waals surface area contributed by atoms with Gasteiger partial charge in [0.1, 0.15) is 5.54 Å². The van der Waals surface area contributed by atoms with E-state index in [1.54, 1.807) is 6.07 Å². The Labute approximate surface area is 131 Å². The molecule has 0 amide bonds. The molecule has 3 nitrogen and oxygen atoms in total. The van der Waals surface area contributed by atoms with Gasteiger partial charge in [-0.2, -0.15) is 13.2 Å². The van der Waals surface area contributed by atoms with Crippen molar-refractivity contribution in [3.63, 3.8) is 0 Å². The molecule has 0 aliphatic carbocycles. The lowest BCUT2D eigenvalue weighted by Crippen LogP contribution is -2.50. The maximum Gasteiger partial charge on any atom is 0.416 e. The summed E-state index contributed by atoms with van der Waals surface area (Å²) in [5, 5.41) is 0.325. The van der Waals surface area contributed by atoms with E-state index in [1.165, 1.54) is 23.9 Å². The molecule has 7 heteroatoms. The highest BCUT2D eigenvalue weighted by Gasteiger charge is 2.50. The molecule has 2 aliphatic rings. The van der Waals surface area contributed by atoms with Crippen LogP contribution in [0.1, 0.15) is 24.5 Å². The van der Waals surface area contributed by atoms with E-state index in [0.29, 0.717) is 17.3 Å². The number of hydrogen-bond acceptors (Lipinski definition) is 4. The SMILES string of the molecule is C[C@H]1C[C@H]2CSC(N)=N[C@@]2(c2ccccc2C(F)(F)F)CO1. The highest BCUT2D eigenvalue weighted by molar-refractivity contribution is 8.13. The molecule has 2 N–H and O–H groups in total. The third-order valence-corrected chi connectivity index (χ3v) is 5.28. The number of halogens is 3. The lowest BCUT2D eigenvalue weighted by Gasteiger charge is -2.46. The Morgan fingerprint density at radius 2 is 2.09 bits per heavy atom. The van der Waals surface area contributed by atoms with Crippen LogP contribution in [-0.4, -0.2) is 23.6 Å². The van der Waals surface area contributed by atoms with Crippen LogP contribution in [0, 0.1) is 5.92 Å². The largest absolute Gasteiger partial charge is 0.416 e. The molecule has 3 rings (SSSR count). The van der Waals surface area contributed by atoms with Crippen molar-refractivity contribution in [3.05, 3.63) is 35.4 Å². The highest BCUT2D eigenvalue weighted by Crippen LogP contribution is 2.49. The van der Waals surface area contributed by atoms with Gasteiger partial charge in [0, 0.05) is 11.7 Å². The van der Waals surface area contributed by atoms with Gasteiger partial charge in [0.2, 0.25) is 0 Å². The Morgan fingerprint density at radius 3 is 2.82 bits per heavy atom. The third kappa shape index (κ3) is 2.60. The van der Waals surface area contributed by atoms with E-state index in [9.17, 15) is 13.2 Å². The number of nitrogens with zero attached hydrogens (tertiary/aromatic N) is 1. The summed E-state index contributed by atoms with van der Waals surface area (Å²) < 4.78 is 45.9. The quantitative estimate of drug-likeness (QED) is 0.859. The Balaban J connectivity index is 2.17. The van der Waals surface area contributed by atoms with Gasteiger partial charge < -0.3 is 10.5 Å². The number of ether oxygens (including phenoxy) is 1. The molecule has 1 aromatic carbocycles. The van der Waals surface area contributed by atoms with Gasteiger partial charge in [0.25, 0.3) is 0 Å². The van der Waals surface area contributed by atoms with Gasteiger partial charge >= 0.3 is 6.18 Å². The Kier molecular flexibility index (Phi) is 3.89. The molecular formula is C15H17F3N2OS. The molecule has 120 valence electrons. The zero-order valence-electron chi connectivity index (χ0n) is 12.1. The van der Waals surface area contributed by atoms with Crippen molar-refractivity contribution in [2.75, 3.05) is 12.4 Å². The van der Waals surface area contributed by atoms with Gasteiger partial charge in [-0.05, 0) is 25.0 Å². The van der Waals surface area contributed by atoms with E-state index in [-0.39, 0.29) is 24.2 Å². The predicted molar refractivity (Wildman–Crippen MR) is 80.7 cm³/mol. The number of alkyl halides is 3. The van der Waals surface area contributed by atoms with Crippen molar-refractivity contribution in [1.29, 1.82) is 0 Å². The van der Waals surface area contributed by atoms with Crippen LogP contribution in [0.15, 0.2) is 29.3 Å². The lowest BCUT2D eigenvalue weighted by atomic mass is 9.73. The highest BCUT2D eigenvalue weighted by atomic mass is 32.2. The molecule has 1 fully saturated rings. The third-order valence-electron chi connectivity index (χ3n) is 4.32. The van der Waals surface area contributed by atoms with Crippen LogP contribution in [0.2, 0.25) is 0 Å². The first-order valence-corrected chi connectivity index (χ1v) is 8.08. The number of nitrogens with two attached hydrogens (primary N) is 1. The first kappa shape index (κ1) is 15.7. The minimum absolute atomic E-state index is 0.0166. The van der Waals surface area contributed by atoms with Crippen LogP contribution in [0.3, 0.4) is 0 Å². The molecule has 22 heavy (non-hydrogen) atoms. The van der Waals surface area contributed by atoms with Gasteiger partial charge in [-0.25, -0.2) is 4.99 Å². The van der Waals surface area contributed by atoms with Crippen LogP contribution in [-0.2, 0) is 16.5 Å². The molecule has 1 aromatic rings. The van der Waals surface area contributed by atoms with Gasteiger partial charge in [-0.3, -0.25) is 0 Å². The van der Waals surface area contributed by atoms with Crippen molar-refractivity contribution in [2.24, 2.45) is 16.6 Å². The Bertz CT molecular complexity index is 605. The molecular weight excluding hydrogens is 313 g/mol. The fourth-order valence-corrected chi connectivity index (χ4v) is 4.27. The molecule has 0 bridgehead atoms. The molecule has 3 atom stereocenters. The first-order valence-electron chi connectivity index (χ1n) is 7.09. The predicted octanol–water partition coefficient (Wildman–Crippen LogP) is 3.39. The molecule has 2 aliphatic heterocycles. The van der Waals surface area contributed by atoms with Crippen molar-refractivity contribution in [2.45, 2.75) is 31.2 Å². The van der Waals surface area contributed by atoms with Crippen LogP contribution in [0.5, 0.6) is 0 Å². The number of benzene rings is 1. The zero-order valence-corrected chi connectivity index (χ0v) is 12.9. The summed E-state index contributed by atoms with van der Waals surface area (Å²) in [6.45, 7) is 2.07. The number of hydrogen-bond donors (Lipinski definition) is 1. The molecule has 2 heterocycles. The second-order valence-electron chi connectivity index (χ2n) is 5.78. The average molecular weight is 330 g/mol. The average Bonchev–Trinajstić information content (AvgIpc) is 2.47. The van der Waals surface area contributed by atoms with E-state index in [4.69, 9.17) is 10.5 Å². The number of rotatable bonds is 1. The fraction of sp³-hybridized carbons (Fsp3) is 0.533. The summed E-state index contributed by atoms with van der Waals surface area (Å²) in [4.78, 5) is 4.45. The first-order chi connectivity index (χ1) is 10.3. The van der Waals surface area contributed by atoms with Gasteiger partial charge in [-0.1, -0.05) is 30.0 Å². The minimum Gasteiger partial charge on any atom is -0.379 e. The number of amidine groups is 1. The number of aliphatic imine (C=N–C) groups is 1. The maximum atomic E-state index is 13.4. The summed E-state index contributed by atoms with van der Waals surface area (Å²) in [6, 6.07) is 5.62. The Morgan fingerprint density at radius 1 is 1.36 bits per heavy atom. The molecule has 0 aromatic heterocycles. The van der Waals surface area contributed by atoms with Crippen LogP contribution in [0.25, 0.3) is 0 Å². The second kappa shape index (κ2) is 5.45. The zero-order chi connectivity index (χ0) is 16.0. The van der Waals surface area contributed by atoms with Gasteiger partial charge in [-0.15, -0.1) is 0 Å². The molecule has 1 saturated heterocycles. The standard InChI is InChI=1S/C15H17F3N2OS/c1-9-6-10-7-22-13(19)20-14(10,8-21-9)11-4-2-3-5-12(11)15(16,17)18/h2-5,9-10H,6-8H2,1H3,(H2,19,20)/t9-,10-,14-/m0/s1. The van der Waals surface area contributed by atoms with Crippen molar-refractivity contribution >= 4 is 16.9 Å². The normalized spacial score (nSPS) is 32.3. The van der Waals surface area contributed by atoms with E-state index >= 15 is 0 Å². The molecule has 0 spiro atoms. The molecule has 0 saturated carbocycles.